The van der Waals surface area contributed by atoms with Crippen LogP contribution in [0.25, 0.3) is 0 Å². The summed E-state index contributed by atoms with van der Waals surface area (Å²) in [6.45, 7) is 10.3. The van der Waals surface area contributed by atoms with E-state index in [9.17, 15) is 4.79 Å². The van der Waals surface area contributed by atoms with E-state index in [1.807, 2.05) is 20.8 Å². The molecule has 1 nitrogen and oxygen atoms in total. The fraction of sp³-hybridized carbons (Fsp3) is 0.750. The lowest BCUT2D eigenvalue weighted by Gasteiger charge is -2.06. The standard InChI is InChI=1S/C12H20O/c1-10(2)6-7-11(13)8-9-12(3,4)5/h10H,6-7H2,1-5H3. The van der Waals surface area contributed by atoms with E-state index >= 15 is 0 Å². The second kappa shape index (κ2) is 5.07. The Morgan fingerprint density at radius 1 is 1.31 bits per heavy atom. The number of hydrogen-bond acceptors (Lipinski definition) is 1. The van der Waals surface area contributed by atoms with Gasteiger partial charge in [-0.25, -0.2) is 0 Å². The van der Waals surface area contributed by atoms with Gasteiger partial charge in [0, 0.05) is 11.8 Å². The number of Topliss-reactive ketones (excluding diaryl/α,β-unsaturated/α-hetero) is 1. The molecule has 0 saturated carbocycles. The van der Waals surface area contributed by atoms with E-state index in [1.54, 1.807) is 0 Å². The maximum atomic E-state index is 11.2. The van der Waals surface area contributed by atoms with Crippen molar-refractivity contribution in [2.45, 2.75) is 47.5 Å². The molecule has 74 valence electrons. The van der Waals surface area contributed by atoms with Crippen molar-refractivity contribution in [1.29, 1.82) is 0 Å². The van der Waals surface area contributed by atoms with Gasteiger partial charge in [0.1, 0.15) is 0 Å². The molecule has 0 fully saturated rings. The molecule has 0 unspecified atom stereocenters. The quantitative estimate of drug-likeness (QED) is 0.482. The molecule has 0 aromatic rings. The van der Waals surface area contributed by atoms with Crippen molar-refractivity contribution in [3.8, 4) is 11.8 Å². The molecule has 0 N–H and O–H groups in total. The van der Waals surface area contributed by atoms with Gasteiger partial charge in [0.2, 0.25) is 5.78 Å². The third-order valence-electron chi connectivity index (χ3n) is 1.53. The Bertz CT molecular complexity index is 220. The number of hydrogen-bond donors (Lipinski definition) is 0. The van der Waals surface area contributed by atoms with E-state index in [-0.39, 0.29) is 11.2 Å². The molecule has 13 heavy (non-hydrogen) atoms. The van der Waals surface area contributed by atoms with E-state index in [2.05, 4.69) is 25.7 Å². The van der Waals surface area contributed by atoms with Crippen LogP contribution >= 0.6 is 0 Å². The highest BCUT2D eigenvalue weighted by Gasteiger charge is 2.05. The van der Waals surface area contributed by atoms with Crippen LogP contribution in [0.2, 0.25) is 0 Å². The number of rotatable bonds is 3. The van der Waals surface area contributed by atoms with Crippen LogP contribution in [0, 0.1) is 23.2 Å². The lowest BCUT2D eigenvalue weighted by atomic mass is 9.97. The van der Waals surface area contributed by atoms with Crippen molar-refractivity contribution in [1.82, 2.24) is 0 Å². The Labute approximate surface area is 81.9 Å². The Balaban J connectivity index is 3.92. The minimum atomic E-state index is -0.0620. The highest BCUT2D eigenvalue weighted by atomic mass is 16.1. The SMILES string of the molecule is CC(C)CCC(=O)C#CC(C)(C)C. The van der Waals surface area contributed by atoms with Crippen LogP contribution < -0.4 is 0 Å². The molecule has 1 heteroatoms. The van der Waals surface area contributed by atoms with E-state index < -0.39 is 0 Å². The van der Waals surface area contributed by atoms with Crippen LogP contribution in [-0.2, 0) is 4.79 Å². The molecule has 0 aromatic carbocycles. The van der Waals surface area contributed by atoms with Crippen molar-refractivity contribution in [3.63, 3.8) is 0 Å². The van der Waals surface area contributed by atoms with E-state index in [1.165, 1.54) is 0 Å². The molecule has 0 bridgehead atoms. The third-order valence-corrected chi connectivity index (χ3v) is 1.53. The lowest BCUT2D eigenvalue weighted by molar-refractivity contribution is -0.114. The first-order valence-electron chi connectivity index (χ1n) is 4.87. The zero-order valence-corrected chi connectivity index (χ0v) is 9.40. The van der Waals surface area contributed by atoms with Crippen molar-refractivity contribution in [2.75, 3.05) is 0 Å². The zero-order chi connectivity index (χ0) is 10.5. The van der Waals surface area contributed by atoms with Crippen LogP contribution in [0.15, 0.2) is 0 Å². The maximum Gasteiger partial charge on any atom is 0.205 e. The Kier molecular flexibility index (Phi) is 4.77. The normalized spacial score (nSPS) is 10.9. The van der Waals surface area contributed by atoms with Gasteiger partial charge in [0.15, 0.2) is 0 Å². The molecule has 0 heterocycles. The van der Waals surface area contributed by atoms with Crippen molar-refractivity contribution < 1.29 is 4.79 Å². The van der Waals surface area contributed by atoms with Gasteiger partial charge >= 0.3 is 0 Å². The molecular formula is C12H20O. The van der Waals surface area contributed by atoms with Gasteiger partial charge in [-0.1, -0.05) is 19.8 Å². The molecule has 0 amide bonds. The van der Waals surface area contributed by atoms with Crippen LogP contribution in [-0.4, -0.2) is 5.78 Å². The van der Waals surface area contributed by atoms with Gasteiger partial charge in [0.05, 0.1) is 0 Å². The number of carbonyl (C=O) groups is 1. The average molecular weight is 180 g/mol. The molecule has 0 atom stereocenters. The molecule has 0 aliphatic carbocycles. The van der Waals surface area contributed by atoms with Gasteiger partial charge < -0.3 is 0 Å². The van der Waals surface area contributed by atoms with Crippen LogP contribution in [0.1, 0.15) is 47.5 Å². The Morgan fingerprint density at radius 2 is 1.85 bits per heavy atom. The molecule has 0 aliphatic heterocycles. The lowest BCUT2D eigenvalue weighted by Crippen LogP contribution is -2.02. The molecule has 0 rings (SSSR count). The monoisotopic (exact) mass is 180 g/mol. The van der Waals surface area contributed by atoms with Gasteiger partial charge in [0.25, 0.3) is 0 Å². The van der Waals surface area contributed by atoms with Crippen molar-refractivity contribution in [3.05, 3.63) is 0 Å². The summed E-state index contributed by atoms with van der Waals surface area (Å²) in [6.07, 6.45) is 1.54. The molecule has 0 aromatic heterocycles. The average Bonchev–Trinajstić information content (AvgIpc) is 1.95. The Hall–Kier alpha value is -0.770. The second-order valence-corrected chi connectivity index (χ2v) is 4.86. The predicted octanol–water partition coefficient (Wildman–Crippen LogP) is 3.04. The summed E-state index contributed by atoms with van der Waals surface area (Å²) in [4.78, 5) is 11.2. The summed E-state index contributed by atoms with van der Waals surface area (Å²) in [6, 6.07) is 0. The zero-order valence-electron chi connectivity index (χ0n) is 9.40. The topological polar surface area (TPSA) is 17.1 Å². The molecule has 0 spiro atoms. The van der Waals surface area contributed by atoms with Crippen LogP contribution in [0.4, 0.5) is 0 Å². The van der Waals surface area contributed by atoms with Gasteiger partial charge in [-0.2, -0.15) is 0 Å². The fourth-order valence-corrected chi connectivity index (χ4v) is 0.739. The summed E-state index contributed by atoms with van der Waals surface area (Å²) in [5, 5.41) is 0. The van der Waals surface area contributed by atoms with Gasteiger partial charge in [-0.15, -0.1) is 0 Å². The summed E-state index contributed by atoms with van der Waals surface area (Å²) >= 11 is 0. The molecule has 0 radical (unpaired) electrons. The summed E-state index contributed by atoms with van der Waals surface area (Å²) in [5.41, 5.74) is -0.0620. The predicted molar refractivity (Wildman–Crippen MR) is 56.3 cm³/mol. The molecular weight excluding hydrogens is 160 g/mol. The smallest absolute Gasteiger partial charge is 0.205 e. The first-order chi connectivity index (χ1) is 5.81. The first kappa shape index (κ1) is 12.2. The van der Waals surface area contributed by atoms with Crippen LogP contribution in [0.3, 0.4) is 0 Å². The molecule has 0 saturated heterocycles. The Morgan fingerprint density at radius 3 is 2.23 bits per heavy atom. The highest BCUT2D eigenvalue weighted by Crippen LogP contribution is 2.10. The third kappa shape index (κ3) is 9.14. The fourth-order valence-electron chi connectivity index (χ4n) is 0.739. The molecule has 0 aliphatic rings. The van der Waals surface area contributed by atoms with E-state index in [0.29, 0.717) is 12.3 Å². The minimum Gasteiger partial charge on any atom is -0.285 e. The second-order valence-electron chi connectivity index (χ2n) is 4.86. The summed E-state index contributed by atoms with van der Waals surface area (Å²) < 4.78 is 0. The van der Waals surface area contributed by atoms with Gasteiger partial charge in [-0.3, -0.25) is 4.79 Å². The van der Waals surface area contributed by atoms with Crippen molar-refractivity contribution in [2.24, 2.45) is 11.3 Å². The largest absolute Gasteiger partial charge is 0.285 e. The maximum absolute atomic E-state index is 11.2. The van der Waals surface area contributed by atoms with E-state index in [4.69, 9.17) is 0 Å². The number of carbonyl (C=O) groups excluding carboxylic acids is 1. The minimum absolute atomic E-state index is 0.0620. The number of ketones is 1. The highest BCUT2D eigenvalue weighted by molar-refractivity contribution is 5.95. The van der Waals surface area contributed by atoms with E-state index in [0.717, 1.165) is 6.42 Å². The first-order valence-corrected chi connectivity index (χ1v) is 4.87. The van der Waals surface area contributed by atoms with Gasteiger partial charge in [-0.05, 0) is 39.0 Å². The van der Waals surface area contributed by atoms with Crippen molar-refractivity contribution >= 4 is 5.78 Å². The summed E-state index contributed by atoms with van der Waals surface area (Å²) in [5.74, 6) is 6.29. The summed E-state index contributed by atoms with van der Waals surface area (Å²) in [7, 11) is 0. The van der Waals surface area contributed by atoms with Crippen LogP contribution in [0.5, 0.6) is 0 Å².